The Bertz CT molecular complexity index is 861. The van der Waals surface area contributed by atoms with Crippen LogP contribution in [-0.4, -0.2) is 9.78 Å². The molecule has 3 rings (SSSR count). The van der Waals surface area contributed by atoms with E-state index in [1.807, 2.05) is 0 Å². The molecule has 0 bridgehead atoms. The van der Waals surface area contributed by atoms with Crippen LogP contribution in [0.2, 0.25) is 0 Å². The molecule has 3 aromatic rings. The van der Waals surface area contributed by atoms with Crippen molar-refractivity contribution in [1.29, 1.82) is 0 Å². The van der Waals surface area contributed by atoms with Crippen molar-refractivity contribution in [1.82, 2.24) is 9.78 Å². The molecule has 0 saturated heterocycles. The molecule has 0 unspecified atom stereocenters. The molecule has 0 aliphatic rings. The molecule has 2 nitrogen and oxygen atoms in total. The fourth-order valence-electron chi connectivity index (χ4n) is 2.84. The van der Waals surface area contributed by atoms with E-state index in [-0.39, 0.29) is 11.4 Å². The maximum absolute atomic E-state index is 14.4. The lowest BCUT2D eigenvalue weighted by Crippen LogP contribution is -2.01. The highest BCUT2D eigenvalue weighted by Gasteiger charge is 2.17. The van der Waals surface area contributed by atoms with Crippen LogP contribution in [0.5, 0.6) is 0 Å². The van der Waals surface area contributed by atoms with Crippen molar-refractivity contribution in [3.8, 4) is 11.3 Å². The van der Waals surface area contributed by atoms with E-state index >= 15 is 0 Å². The van der Waals surface area contributed by atoms with Crippen LogP contribution in [0, 0.1) is 24.4 Å². The number of nitrogens with zero attached hydrogens (tertiary/aromatic N) is 2. The Labute approximate surface area is 138 Å². The van der Waals surface area contributed by atoms with Crippen LogP contribution in [-0.2, 0) is 19.9 Å². The first-order chi connectivity index (χ1) is 11.5. The van der Waals surface area contributed by atoms with Gasteiger partial charge in [-0.25, -0.2) is 13.2 Å². The lowest BCUT2D eigenvalue weighted by molar-refractivity contribution is 0.580. The van der Waals surface area contributed by atoms with E-state index < -0.39 is 11.6 Å². The summed E-state index contributed by atoms with van der Waals surface area (Å²) in [7, 11) is 1.65. The Kier molecular flexibility index (Phi) is 4.42. The zero-order chi connectivity index (χ0) is 17.3. The summed E-state index contributed by atoms with van der Waals surface area (Å²) < 4.78 is 44.0. The van der Waals surface area contributed by atoms with E-state index in [9.17, 15) is 13.2 Å². The smallest absolute Gasteiger partial charge is 0.135 e. The van der Waals surface area contributed by atoms with Crippen molar-refractivity contribution < 1.29 is 13.2 Å². The number of aromatic nitrogens is 2. The molecule has 0 aliphatic heterocycles. The van der Waals surface area contributed by atoms with E-state index in [0.29, 0.717) is 35.4 Å². The zero-order valence-corrected chi connectivity index (χ0v) is 13.5. The molecule has 2 aromatic carbocycles. The van der Waals surface area contributed by atoms with E-state index in [1.54, 1.807) is 38.2 Å². The quantitative estimate of drug-likeness (QED) is 0.684. The molecule has 0 radical (unpaired) electrons. The standard InChI is InChI=1S/C19H17F3N2/c1-12-9-18(24(2)23-12)19-16(21)10-13(11-17(19)22)7-8-14-5-3-4-6-15(14)20/h3-6,9-11H,7-8H2,1-2H3. The van der Waals surface area contributed by atoms with Gasteiger partial charge >= 0.3 is 0 Å². The van der Waals surface area contributed by atoms with E-state index in [0.717, 1.165) is 0 Å². The predicted octanol–water partition coefficient (Wildman–Crippen LogP) is 4.60. The van der Waals surface area contributed by atoms with Gasteiger partial charge in [0.2, 0.25) is 0 Å². The number of benzene rings is 2. The summed E-state index contributed by atoms with van der Waals surface area (Å²) in [5, 5.41) is 4.12. The van der Waals surface area contributed by atoms with Crippen LogP contribution < -0.4 is 0 Å². The third kappa shape index (κ3) is 3.20. The topological polar surface area (TPSA) is 17.8 Å². The maximum Gasteiger partial charge on any atom is 0.135 e. The molecule has 1 heterocycles. The Hall–Kier alpha value is -2.56. The molecule has 0 saturated carbocycles. The first-order valence-corrected chi connectivity index (χ1v) is 7.68. The monoisotopic (exact) mass is 330 g/mol. The molecule has 5 heteroatoms. The van der Waals surface area contributed by atoms with E-state index in [2.05, 4.69) is 5.10 Å². The van der Waals surface area contributed by atoms with Crippen molar-refractivity contribution in [3.63, 3.8) is 0 Å². The van der Waals surface area contributed by atoms with Crippen LogP contribution in [0.4, 0.5) is 13.2 Å². The van der Waals surface area contributed by atoms with Gasteiger partial charge in [-0.2, -0.15) is 5.10 Å². The molecule has 24 heavy (non-hydrogen) atoms. The highest BCUT2D eigenvalue weighted by Crippen LogP contribution is 2.28. The Morgan fingerprint density at radius 1 is 0.917 bits per heavy atom. The normalized spacial score (nSPS) is 11.0. The fourth-order valence-corrected chi connectivity index (χ4v) is 2.84. The molecular weight excluding hydrogens is 313 g/mol. The van der Waals surface area contributed by atoms with Gasteiger partial charge in [0, 0.05) is 7.05 Å². The highest BCUT2D eigenvalue weighted by atomic mass is 19.1. The number of hydrogen-bond donors (Lipinski definition) is 0. The largest absolute Gasteiger partial charge is 0.267 e. The molecule has 0 N–H and O–H groups in total. The highest BCUT2D eigenvalue weighted by molar-refractivity contribution is 5.62. The van der Waals surface area contributed by atoms with Crippen LogP contribution >= 0.6 is 0 Å². The summed E-state index contributed by atoms with van der Waals surface area (Å²) in [4.78, 5) is 0. The predicted molar refractivity (Wildman–Crippen MR) is 87.1 cm³/mol. The summed E-state index contributed by atoms with van der Waals surface area (Å²) >= 11 is 0. The third-order valence-corrected chi connectivity index (χ3v) is 4.00. The third-order valence-electron chi connectivity index (χ3n) is 4.00. The molecule has 0 aliphatic carbocycles. The molecule has 0 spiro atoms. The second kappa shape index (κ2) is 6.51. The Morgan fingerprint density at radius 3 is 2.17 bits per heavy atom. The van der Waals surface area contributed by atoms with E-state index in [1.165, 1.54) is 22.9 Å². The van der Waals surface area contributed by atoms with Crippen LogP contribution in [0.25, 0.3) is 11.3 Å². The summed E-state index contributed by atoms with van der Waals surface area (Å²) in [6, 6.07) is 10.7. The fraction of sp³-hybridized carbons (Fsp3) is 0.211. The van der Waals surface area contributed by atoms with Gasteiger partial charge in [-0.05, 0) is 55.2 Å². The summed E-state index contributed by atoms with van der Waals surface area (Å²) in [5.74, 6) is -1.58. The lowest BCUT2D eigenvalue weighted by Gasteiger charge is -2.09. The maximum atomic E-state index is 14.4. The Balaban J connectivity index is 1.87. The van der Waals surface area contributed by atoms with Crippen molar-refractivity contribution in [2.75, 3.05) is 0 Å². The second-order valence-electron chi connectivity index (χ2n) is 5.82. The lowest BCUT2D eigenvalue weighted by atomic mass is 10.0. The van der Waals surface area contributed by atoms with Gasteiger partial charge in [0.15, 0.2) is 0 Å². The van der Waals surface area contributed by atoms with Crippen LogP contribution in [0.3, 0.4) is 0 Å². The van der Waals surface area contributed by atoms with Gasteiger partial charge in [-0.15, -0.1) is 0 Å². The number of hydrogen-bond acceptors (Lipinski definition) is 1. The van der Waals surface area contributed by atoms with Crippen molar-refractivity contribution in [2.45, 2.75) is 19.8 Å². The SMILES string of the molecule is Cc1cc(-c2c(F)cc(CCc3ccccc3F)cc2F)n(C)n1. The average Bonchev–Trinajstić information content (AvgIpc) is 2.84. The molecule has 0 atom stereocenters. The molecule has 124 valence electrons. The van der Waals surface area contributed by atoms with Crippen molar-refractivity contribution in [2.24, 2.45) is 7.05 Å². The molecule has 1 aromatic heterocycles. The minimum atomic E-state index is -0.637. The first kappa shape index (κ1) is 16.3. The van der Waals surface area contributed by atoms with Crippen LogP contribution in [0.15, 0.2) is 42.5 Å². The van der Waals surface area contributed by atoms with Crippen molar-refractivity contribution in [3.05, 3.63) is 76.7 Å². The number of halogens is 3. The average molecular weight is 330 g/mol. The van der Waals surface area contributed by atoms with Gasteiger partial charge in [0.1, 0.15) is 17.5 Å². The van der Waals surface area contributed by atoms with Gasteiger partial charge in [-0.1, -0.05) is 18.2 Å². The van der Waals surface area contributed by atoms with Gasteiger partial charge in [-0.3, -0.25) is 4.68 Å². The number of aryl methyl sites for hydroxylation is 4. The summed E-state index contributed by atoms with van der Waals surface area (Å²) in [6.07, 6.45) is 0.745. The minimum absolute atomic E-state index is 0.0901. The molecular formula is C19H17F3N2. The zero-order valence-electron chi connectivity index (χ0n) is 13.5. The van der Waals surface area contributed by atoms with Gasteiger partial charge in [0.05, 0.1) is 17.0 Å². The van der Waals surface area contributed by atoms with Crippen LogP contribution in [0.1, 0.15) is 16.8 Å². The van der Waals surface area contributed by atoms with Crippen molar-refractivity contribution >= 4 is 0 Å². The molecule has 0 amide bonds. The summed E-state index contributed by atoms with van der Waals surface area (Å²) in [5.41, 5.74) is 2.02. The second-order valence-corrected chi connectivity index (χ2v) is 5.82. The van der Waals surface area contributed by atoms with E-state index in [4.69, 9.17) is 0 Å². The molecule has 0 fully saturated rings. The number of rotatable bonds is 4. The minimum Gasteiger partial charge on any atom is -0.267 e. The first-order valence-electron chi connectivity index (χ1n) is 7.68. The van der Waals surface area contributed by atoms with Gasteiger partial charge < -0.3 is 0 Å². The summed E-state index contributed by atoms with van der Waals surface area (Å²) in [6.45, 7) is 1.77. The van der Waals surface area contributed by atoms with Gasteiger partial charge in [0.25, 0.3) is 0 Å². The Morgan fingerprint density at radius 2 is 1.58 bits per heavy atom.